The molecule has 1 saturated carbocycles. The summed E-state index contributed by atoms with van der Waals surface area (Å²) in [5.41, 5.74) is -1.29. The van der Waals surface area contributed by atoms with Gasteiger partial charge in [-0.3, -0.25) is 4.79 Å². The van der Waals surface area contributed by atoms with E-state index >= 15 is 0 Å². The van der Waals surface area contributed by atoms with Crippen molar-refractivity contribution in [1.29, 1.82) is 0 Å². The number of halogens is 1. The molecule has 1 aliphatic rings. The zero-order chi connectivity index (χ0) is 14.3. The second-order valence-corrected chi connectivity index (χ2v) is 6.18. The number of ether oxygens (including phenoxy) is 1. The number of aliphatic carboxylic acids is 1. The Bertz CT molecular complexity index is 404. The highest BCUT2D eigenvalue weighted by molar-refractivity contribution is 5.87. The molecular weight excluding hydrogens is 239 g/mol. The van der Waals surface area contributed by atoms with Crippen LogP contribution in [-0.4, -0.2) is 22.6 Å². The molecule has 1 rings (SSSR count). The summed E-state index contributed by atoms with van der Waals surface area (Å²) in [7, 11) is 0. The lowest BCUT2D eigenvalue weighted by atomic mass is 10.1. The Kier molecular flexibility index (Phi) is 3.56. The van der Waals surface area contributed by atoms with E-state index in [2.05, 4.69) is 0 Å². The molecular formula is C13H19FO4. The summed E-state index contributed by atoms with van der Waals surface area (Å²) in [5.74, 6) is -4.16. The van der Waals surface area contributed by atoms with Gasteiger partial charge in [0.05, 0.1) is 5.92 Å². The van der Waals surface area contributed by atoms with Gasteiger partial charge in [-0.25, -0.2) is 4.79 Å². The molecule has 0 bridgehead atoms. The lowest BCUT2D eigenvalue weighted by molar-refractivity contribution is -0.151. The molecule has 0 aromatic heterocycles. The van der Waals surface area contributed by atoms with Crippen molar-refractivity contribution in [3.63, 3.8) is 0 Å². The Morgan fingerprint density at radius 2 is 1.83 bits per heavy atom. The van der Waals surface area contributed by atoms with Crippen molar-refractivity contribution in [2.45, 2.75) is 40.2 Å². The highest BCUT2D eigenvalue weighted by atomic mass is 19.1. The average Bonchev–Trinajstić information content (AvgIpc) is 2.64. The summed E-state index contributed by atoms with van der Waals surface area (Å²) in [5, 5.41) is 8.93. The summed E-state index contributed by atoms with van der Waals surface area (Å²) in [4.78, 5) is 22.3. The van der Waals surface area contributed by atoms with Crippen molar-refractivity contribution in [2.24, 2.45) is 17.3 Å². The highest BCUT2D eigenvalue weighted by Crippen LogP contribution is 2.59. The lowest BCUT2D eigenvalue weighted by Crippen LogP contribution is -2.24. The molecule has 1 aliphatic carbocycles. The molecule has 0 aromatic carbocycles. The minimum Gasteiger partial charge on any atom is -0.481 e. The zero-order valence-electron chi connectivity index (χ0n) is 11.3. The molecule has 102 valence electrons. The van der Waals surface area contributed by atoms with Gasteiger partial charge in [0.15, 0.2) is 0 Å². The first-order valence-corrected chi connectivity index (χ1v) is 5.80. The van der Waals surface area contributed by atoms with Crippen LogP contribution in [0.15, 0.2) is 11.9 Å². The Balaban J connectivity index is 2.74. The van der Waals surface area contributed by atoms with Crippen molar-refractivity contribution in [1.82, 2.24) is 0 Å². The van der Waals surface area contributed by atoms with E-state index in [-0.39, 0.29) is 0 Å². The third kappa shape index (κ3) is 3.09. The second kappa shape index (κ2) is 4.37. The molecule has 0 amide bonds. The van der Waals surface area contributed by atoms with E-state index in [0.29, 0.717) is 0 Å². The zero-order valence-corrected chi connectivity index (χ0v) is 11.3. The Morgan fingerprint density at radius 1 is 1.33 bits per heavy atom. The van der Waals surface area contributed by atoms with E-state index in [1.54, 1.807) is 34.6 Å². The molecule has 2 atom stereocenters. The predicted molar refractivity (Wildman–Crippen MR) is 63.4 cm³/mol. The molecule has 0 aliphatic heterocycles. The number of rotatable bonds is 3. The standard InChI is InChI=1S/C13H19FO4/c1-12(2,3)18-11(17)8(14)6-7-9(10(15)16)13(7,4)5/h6-7,9H,1-5H3,(H,15,16)/t7?,9-/m0/s1. The van der Waals surface area contributed by atoms with Crippen molar-refractivity contribution >= 4 is 11.9 Å². The van der Waals surface area contributed by atoms with Gasteiger partial charge in [-0.2, -0.15) is 4.39 Å². The van der Waals surface area contributed by atoms with Crippen LogP contribution in [0.1, 0.15) is 34.6 Å². The molecule has 18 heavy (non-hydrogen) atoms. The van der Waals surface area contributed by atoms with Crippen LogP contribution < -0.4 is 0 Å². The van der Waals surface area contributed by atoms with Gasteiger partial charge in [-0.1, -0.05) is 13.8 Å². The maximum atomic E-state index is 13.6. The van der Waals surface area contributed by atoms with Gasteiger partial charge in [-0.05, 0) is 38.2 Å². The molecule has 5 heteroatoms. The van der Waals surface area contributed by atoms with Crippen LogP contribution in [0.25, 0.3) is 0 Å². The normalized spacial score (nSPS) is 26.7. The van der Waals surface area contributed by atoms with Crippen LogP contribution in [0.4, 0.5) is 4.39 Å². The van der Waals surface area contributed by atoms with Crippen molar-refractivity contribution in [3.05, 3.63) is 11.9 Å². The molecule has 0 radical (unpaired) electrons. The Hall–Kier alpha value is -1.39. The predicted octanol–water partition coefficient (Wildman–Crippen LogP) is 2.54. The van der Waals surface area contributed by atoms with Gasteiger partial charge in [0.25, 0.3) is 0 Å². The molecule has 1 unspecified atom stereocenters. The second-order valence-electron chi connectivity index (χ2n) is 6.18. The minimum atomic E-state index is -1.05. The number of carboxylic acid groups (broad SMARTS) is 1. The number of carboxylic acids is 1. The van der Waals surface area contributed by atoms with Crippen LogP contribution in [-0.2, 0) is 14.3 Å². The first-order chi connectivity index (χ1) is 7.97. The minimum absolute atomic E-state index is 0.470. The van der Waals surface area contributed by atoms with E-state index < -0.39 is 40.6 Å². The summed E-state index contributed by atoms with van der Waals surface area (Å²) >= 11 is 0. The van der Waals surface area contributed by atoms with Crippen LogP contribution in [0, 0.1) is 17.3 Å². The maximum absolute atomic E-state index is 13.6. The van der Waals surface area contributed by atoms with Gasteiger partial charge < -0.3 is 9.84 Å². The smallest absolute Gasteiger partial charge is 0.367 e. The van der Waals surface area contributed by atoms with Crippen LogP contribution in [0.3, 0.4) is 0 Å². The van der Waals surface area contributed by atoms with Crippen LogP contribution in [0.5, 0.6) is 0 Å². The number of allylic oxidation sites excluding steroid dienone is 1. The molecule has 4 nitrogen and oxygen atoms in total. The molecule has 0 spiro atoms. The molecule has 1 N–H and O–H groups in total. The monoisotopic (exact) mass is 258 g/mol. The summed E-state index contributed by atoms with van der Waals surface area (Å²) in [6, 6.07) is 0. The number of hydrogen-bond donors (Lipinski definition) is 1. The van der Waals surface area contributed by atoms with Gasteiger partial charge in [0.1, 0.15) is 5.60 Å². The first kappa shape index (κ1) is 14.7. The van der Waals surface area contributed by atoms with Crippen LogP contribution in [0.2, 0.25) is 0 Å². The number of hydrogen-bond acceptors (Lipinski definition) is 3. The largest absolute Gasteiger partial charge is 0.481 e. The fraction of sp³-hybridized carbons (Fsp3) is 0.692. The van der Waals surface area contributed by atoms with E-state index in [1.807, 2.05) is 0 Å². The van der Waals surface area contributed by atoms with Gasteiger partial charge >= 0.3 is 11.9 Å². The Morgan fingerprint density at radius 3 is 2.17 bits per heavy atom. The highest BCUT2D eigenvalue weighted by Gasteiger charge is 2.61. The fourth-order valence-electron chi connectivity index (χ4n) is 2.01. The molecule has 0 aromatic rings. The van der Waals surface area contributed by atoms with Gasteiger partial charge in [0, 0.05) is 0 Å². The van der Waals surface area contributed by atoms with Crippen molar-refractivity contribution in [3.8, 4) is 0 Å². The maximum Gasteiger partial charge on any atom is 0.367 e. The Labute approximate surface area is 106 Å². The summed E-state index contributed by atoms with van der Waals surface area (Å²) in [6.07, 6.45) is 1.06. The molecule has 0 heterocycles. The SMILES string of the molecule is CC(C)(C)OC(=O)C(F)=CC1[C@@H](C(=O)O)C1(C)C. The van der Waals surface area contributed by atoms with E-state index in [9.17, 15) is 14.0 Å². The van der Waals surface area contributed by atoms with Gasteiger partial charge in [0.2, 0.25) is 5.83 Å². The summed E-state index contributed by atoms with van der Waals surface area (Å²) in [6.45, 7) is 8.38. The number of esters is 1. The average molecular weight is 258 g/mol. The molecule has 1 fully saturated rings. The third-order valence-electron chi connectivity index (χ3n) is 3.10. The number of carbonyl (C=O) groups excluding carboxylic acids is 1. The van der Waals surface area contributed by atoms with E-state index in [4.69, 9.17) is 9.84 Å². The lowest BCUT2D eigenvalue weighted by Gasteiger charge is -2.18. The van der Waals surface area contributed by atoms with Gasteiger partial charge in [-0.15, -0.1) is 0 Å². The third-order valence-corrected chi connectivity index (χ3v) is 3.10. The van der Waals surface area contributed by atoms with Crippen molar-refractivity contribution < 1.29 is 23.8 Å². The quantitative estimate of drug-likeness (QED) is 0.624. The van der Waals surface area contributed by atoms with E-state index in [1.165, 1.54) is 0 Å². The van der Waals surface area contributed by atoms with Crippen LogP contribution >= 0.6 is 0 Å². The van der Waals surface area contributed by atoms with E-state index in [0.717, 1.165) is 6.08 Å². The first-order valence-electron chi connectivity index (χ1n) is 5.80. The van der Waals surface area contributed by atoms with Crippen molar-refractivity contribution in [2.75, 3.05) is 0 Å². The fourth-order valence-corrected chi connectivity index (χ4v) is 2.01. The topological polar surface area (TPSA) is 63.6 Å². The number of carbonyl (C=O) groups is 2. The molecule has 0 saturated heterocycles. The summed E-state index contributed by atoms with van der Waals surface area (Å²) < 4.78 is 18.5.